The third kappa shape index (κ3) is 5.06. The highest BCUT2D eigenvalue weighted by Crippen LogP contribution is 2.22. The van der Waals surface area contributed by atoms with Crippen molar-refractivity contribution in [3.8, 4) is 0 Å². The molecule has 0 radical (unpaired) electrons. The minimum Gasteiger partial charge on any atom is -0.512 e. The van der Waals surface area contributed by atoms with Crippen LogP contribution in [0.25, 0.3) is 0 Å². The lowest BCUT2D eigenvalue weighted by Crippen LogP contribution is -2.10. The largest absolute Gasteiger partial charge is 0.512 e. The Labute approximate surface area is 78.7 Å². The summed E-state index contributed by atoms with van der Waals surface area (Å²) in [5, 5.41) is 9.42. The first-order valence-corrected chi connectivity index (χ1v) is 4.02. The van der Waals surface area contributed by atoms with Gasteiger partial charge >= 0.3 is 0 Å². The number of ether oxygens (including phenoxy) is 1. The molecule has 0 aromatic rings. The standard InChI is InChI=1S/C10H16O3/c1-10(2,3)9(12)7-8(11)5-6-13-4/h5-7,12H,1-4H3/b6-5+,9-7-. The minimum atomic E-state index is -0.392. The van der Waals surface area contributed by atoms with E-state index in [1.54, 1.807) is 0 Å². The van der Waals surface area contributed by atoms with Crippen molar-refractivity contribution in [2.75, 3.05) is 7.11 Å². The molecule has 1 N–H and O–H groups in total. The lowest BCUT2D eigenvalue weighted by Gasteiger charge is -2.16. The van der Waals surface area contributed by atoms with Gasteiger partial charge in [-0.15, -0.1) is 0 Å². The third-order valence-corrected chi connectivity index (χ3v) is 1.42. The molecule has 0 atom stereocenters. The van der Waals surface area contributed by atoms with Crippen molar-refractivity contribution in [1.29, 1.82) is 0 Å². The van der Waals surface area contributed by atoms with E-state index in [4.69, 9.17) is 0 Å². The molecule has 13 heavy (non-hydrogen) atoms. The molecule has 0 saturated carbocycles. The number of allylic oxidation sites excluding steroid dienone is 3. The monoisotopic (exact) mass is 184 g/mol. The molecule has 0 bridgehead atoms. The fourth-order valence-corrected chi connectivity index (χ4v) is 0.534. The van der Waals surface area contributed by atoms with Gasteiger partial charge in [0.1, 0.15) is 5.76 Å². The van der Waals surface area contributed by atoms with Crippen LogP contribution in [0.5, 0.6) is 0 Å². The normalized spacial score (nSPS) is 13.4. The highest BCUT2D eigenvalue weighted by molar-refractivity contribution is 5.99. The van der Waals surface area contributed by atoms with Gasteiger partial charge in [-0.3, -0.25) is 4.79 Å². The summed E-state index contributed by atoms with van der Waals surface area (Å²) in [6.45, 7) is 5.48. The quantitative estimate of drug-likeness (QED) is 0.540. The van der Waals surface area contributed by atoms with E-state index < -0.39 is 5.41 Å². The van der Waals surface area contributed by atoms with Gasteiger partial charge < -0.3 is 9.84 Å². The number of aliphatic hydroxyl groups excluding tert-OH is 1. The Hall–Kier alpha value is -1.25. The van der Waals surface area contributed by atoms with Crippen LogP contribution in [0.2, 0.25) is 0 Å². The molecule has 74 valence electrons. The Kier molecular flexibility index (Phi) is 4.25. The third-order valence-electron chi connectivity index (χ3n) is 1.42. The predicted molar refractivity (Wildman–Crippen MR) is 51.3 cm³/mol. The predicted octanol–water partition coefficient (Wildman–Crippen LogP) is 2.20. The number of methoxy groups -OCH3 is 1. The Morgan fingerprint density at radius 2 is 1.92 bits per heavy atom. The van der Waals surface area contributed by atoms with Crippen LogP contribution in [0.4, 0.5) is 0 Å². The van der Waals surface area contributed by atoms with Gasteiger partial charge in [0.15, 0.2) is 5.78 Å². The van der Waals surface area contributed by atoms with Crippen molar-refractivity contribution in [1.82, 2.24) is 0 Å². The van der Waals surface area contributed by atoms with Crippen molar-refractivity contribution in [2.24, 2.45) is 5.41 Å². The Balaban J connectivity index is 4.40. The van der Waals surface area contributed by atoms with Gasteiger partial charge in [0.05, 0.1) is 13.4 Å². The van der Waals surface area contributed by atoms with Crippen molar-refractivity contribution in [2.45, 2.75) is 20.8 Å². The molecule has 0 fully saturated rings. The molecule has 0 saturated heterocycles. The second-order valence-electron chi connectivity index (χ2n) is 3.72. The second-order valence-corrected chi connectivity index (χ2v) is 3.72. The van der Waals surface area contributed by atoms with Crippen LogP contribution in [0.3, 0.4) is 0 Å². The van der Waals surface area contributed by atoms with Crippen LogP contribution in [0.15, 0.2) is 24.2 Å². The maximum atomic E-state index is 11.1. The van der Waals surface area contributed by atoms with E-state index in [2.05, 4.69) is 4.74 Å². The van der Waals surface area contributed by atoms with E-state index in [1.807, 2.05) is 20.8 Å². The van der Waals surface area contributed by atoms with Gasteiger partial charge in [-0.05, 0) is 0 Å². The molecule has 0 spiro atoms. The first-order valence-electron chi connectivity index (χ1n) is 4.02. The van der Waals surface area contributed by atoms with Crippen LogP contribution in [-0.4, -0.2) is 18.0 Å². The first-order chi connectivity index (χ1) is 5.88. The first kappa shape index (κ1) is 11.8. The maximum absolute atomic E-state index is 11.1. The van der Waals surface area contributed by atoms with E-state index in [0.717, 1.165) is 0 Å². The number of carbonyl (C=O) groups excluding carboxylic acids is 1. The number of rotatable bonds is 3. The summed E-state index contributed by atoms with van der Waals surface area (Å²) in [7, 11) is 1.46. The van der Waals surface area contributed by atoms with Crippen molar-refractivity contribution < 1.29 is 14.6 Å². The number of aliphatic hydroxyl groups is 1. The van der Waals surface area contributed by atoms with E-state index in [9.17, 15) is 9.90 Å². The average Bonchev–Trinajstić information content (AvgIpc) is 1.99. The zero-order chi connectivity index (χ0) is 10.5. The summed E-state index contributed by atoms with van der Waals surface area (Å²) in [5.74, 6) is -0.215. The van der Waals surface area contributed by atoms with Crippen LogP contribution < -0.4 is 0 Å². The summed E-state index contributed by atoms with van der Waals surface area (Å²) >= 11 is 0. The van der Waals surface area contributed by atoms with Gasteiger partial charge in [0.2, 0.25) is 0 Å². The number of carbonyl (C=O) groups is 1. The second kappa shape index (κ2) is 4.70. The molecule has 0 aliphatic heterocycles. The molecule has 0 rings (SSSR count). The summed E-state index contributed by atoms with van der Waals surface area (Å²) < 4.78 is 4.57. The van der Waals surface area contributed by atoms with Crippen LogP contribution in [-0.2, 0) is 9.53 Å². The molecular formula is C10H16O3. The lowest BCUT2D eigenvalue weighted by atomic mass is 9.93. The molecular weight excluding hydrogens is 168 g/mol. The summed E-state index contributed by atoms with van der Waals surface area (Å²) in [6.07, 6.45) is 3.71. The molecule has 0 aliphatic rings. The fraction of sp³-hybridized carbons (Fsp3) is 0.500. The molecule has 3 heteroatoms. The van der Waals surface area contributed by atoms with E-state index in [1.165, 1.54) is 25.5 Å². The van der Waals surface area contributed by atoms with E-state index in [0.29, 0.717) is 0 Å². The highest BCUT2D eigenvalue weighted by atomic mass is 16.5. The Morgan fingerprint density at radius 3 is 2.31 bits per heavy atom. The van der Waals surface area contributed by atoms with Crippen LogP contribution in [0, 0.1) is 5.41 Å². The van der Waals surface area contributed by atoms with E-state index >= 15 is 0 Å². The summed E-state index contributed by atoms with van der Waals surface area (Å²) in [6, 6.07) is 0. The Bertz CT molecular complexity index is 231. The van der Waals surface area contributed by atoms with Gasteiger partial charge in [0.25, 0.3) is 0 Å². The molecule has 0 amide bonds. The van der Waals surface area contributed by atoms with Gasteiger partial charge in [-0.2, -0.15) is 0 Å². The highest BCUT2D eigenvalue weighted by Gasteiger charge is 2.16. The van der Waals surface area contributed by atoms with Gasteiger partial charge in [-0.1, -0.05) is 20.8 Å². The van der Waals surface area contributed by atoms with Crippen LogP contribution in [0.1, 0.15) is 20.8 Å². The molecule has 0 aliphatic carbocycles. The van der Waals surface area contributed by atoms with Crippen molar-refractivity contribution in [3.05, 3.63) is 24.2 Å². The van der Waals surface area contributed by atoms with Crippen LogP contribution >= 0.6 is 0 Å². The number of ketones is 1. The number of hydrogen-bond donors (Lipinski definition) is 1. The molecule has 3 nitrogen and oxygen atoms in total. The van der Waals surface area contributed by atoms with Gasteiger partial charge in [0, 0.05) is 17.6 Å². The van der Waals surface area contributed by atoms with E-state index in [-0.39, 0.29) is 11.5 Å². The molecule has 0 unspecified atom stereocenters. The molecule has 0 aromatic heterocycles. The molecule has 0 aromatic carbocycles. The van der Waals surface area contributed by atoms with Gasteiger partial charge in [-0.25, -0.2) is 0 Å². The topological polar surface area (TPSA) is 46.5 Å². The SMILES string of the molecule is CO/C=C/C(=O)/C=C(\O)C(C)(C)C. The number of hydrogen-bond acceptors (Lipinski definition) is 3. The van der Waals surface area contributed by atoms with Crippen molar-refractivity contribution in [3.63, 3.8) is 0 Å². The maximum Gasteiger partial charge on any atom is 0.185 e. The summed E-state index contributed by atoms with van der Waals surface area (Å²) in [4.78, 5) is 11.1. The lowest BCUT2D eigenvalue weighted by molar-refractivity contribution is -0.110. The zero-order valence-electron chi connectivity index (χ0n) is 8.50. The molecule has 0 heterocycles. The smallest absolute Gasteiger partial charge is 0.185 e. The zero-order valence-corrected chi connectivity index (χ0v) is 8.50. The minimum absolute atomic E-state index is 0.0678. The average molecular weight is 184 g/mol. The fourth-order valence-electron chi connectivity index (χ4n) is 0.534. The van der Waals surface area contributed by atoms with Crippen molar-refractivity contribution >= 4 is 5.78 Å². The summed E-state index contributed by atoms with van der Waals surface area (Å²) in [5.41, 5.74) is -0.392. The Morgan fingerprint density at radius 1 is 1.38 bits per heavy atom.